The maximum absolute atomic E-state index is 3.48. The molecule has 2 aromatic rings. The molecule has 0 heterocycles. The molecule has 1 N–H and O–H groups in total. The van der Waals surface area contributed by atoms with Gasteiger partial charge in [0.2, 0.25) is 0 Å². The van der Waals surface area contributed by atoms with Gasteiger partial charge >= 0.3 is 0 Å². The summed E-state index contributed by atoms with van der Waals surface area (Å²) >= 11 is 0. The minimum absolute atomic E-state index is 0.514. The Bertz CT molecular complexity index is 561. The standard InChI is InChI=1S/C19H26N2/c1-5-21(18-9-7-6-8-10-18)19-12-11-17(16(4)13-19)14-20-15(2)3/h6-13,15,20H,5,14H2,1-4H3. The minimum atomic E-state index is 0.514. The van der Waals surface area contributed by atoms with Crippen molar-refractivity contribution >= 4 is 11.4 Å². The lowest BCUT2D eigenvalue weighted by molar-refractivity contribution is 0.587. The van der Waals surface area contributed by atoms with Crippen LogP contribution in [0.1, 0.15) is 31.9 Å². The van der Waals surface area contributed by atoms with Gasteiger partial charge in [-0.2, -0.15) is 0 Å². The molecule has 112 valence electrons. The van der Waals surface area contributed by atoms with Crippen LogP contribution in [0.4, 0.5) is 11.4 Å². The van der Waals surface area contributed by atoms with Gasteiger partial charge in [-0.25, -0.2) is 0 Å². The predicted octanol–water partition coefficient (Wildman–Crippen LogP) is 4.65. The number of benzene rings is 2. The fourth-order valence-corrected chi connectivity index (χ4v) is 2.48. The van der Waals surface area contributed by atoms with Gasteiger partial charge in [0, 0.05) is 30.5 Å². The largest absolute Gasteiger partial charge is 0.342 e. The van der Waals surface area contributed by atoms with Crippen LogP contribution in [0.5, 0.6) is 0 Å². The van der Waals surface area contributed by atoms with Crippen molar-refractivity contribution in [3.05, 3.63) is 59.7 Å². The summed E-state index contributed by atoms with van der Waals surface area (Å²) in [6.45, 7) is 10.6. The normalized spacial score (nSPS) is 10.9. The van der Waals surface area contributed by atoms with Crippen LogP contribution in [0, 0.1) is 6.92 Å². The molecule has 0 aromatic heterocycles. The summed E-state index contributed by atoms with van der Waals surface area (Å²) in [6, 6.07) is 17.8. The first-order chi connectivity index (χ1) is 10.1. The number of rotatable bonds is 6. The van der Waals surface area contributed by atoms with Crippen molar-refractivity contribution in [3.8, 4) is 0 Å². The van der Waals surface area contributed by atoms with E-state index in [0.717, 1.165) is 13.1 Å². The molecule has 2 rings (SSSR count). The van der Waals surface area contributed by atoms with Gasteiger partial charge < -0.3 is 10.2 Å². The Labute approximate surface area is 128 Å². The first kappa shape index (κ1) is 15.6. The molecule has 0 bridgehead atoms. The minimum Gasteiger partial charge on any atom is -0.342 e. The molecule has 0 aliphatic carbocycles. The second-order valence-electron chi connectivity index (χ2n) is 5.73. The van der Waals surface area contributed by atoms with Gasteiger partial charge in [0.05, 0.1) is 0 Å². The Morgan fingerprint density at radius 3 is 2.29 bits per heavy atom. The monoisotopic (exact) mass is 282 g/mol. The summed E-state index contributed by atoms with van der Waals surface area (Å²) in [6.07, 6.45) is 0. The molecule has 0 spiro atoms. The lowest BCUT2D eigenvalue weighted by atomic mass is 10.1. The molecule has 0 aliphatic rings. The molecule has 0 saturated carbocycles. The van der Waals surface area contributed by atoms with Crippen LogP contribution in [-0.2, 0) is 6.54 Å². The quantitative estimate of drug-likeness (QED) is 0.829. The van der Waals surface area contributed by atoms with Crippen LogP contribution < -0.4 is 10.2 Å². The maximum atomic E-state index is 3.48. The Morgan fingerprint density at radius 1 is 1.00 bits per heavy atom. The first-order valence-corrected chi connectivity index (χ1v) is 7.77. The summed E-state index contributed by atoms with van der Waals surface area (Å²) < 4.78 is 0. The van der Waals surface area contributed by atoms with Crippen molar-refractivity contribution in [2.45, 2.75) is 40.3 Å². The van der Waals surface area contributed by atoms with Crippen molar-refractivity contribution in [1.82, 2.24) is 5.32 Å². The van der Waals surface area contributed by atoms with Crippen LogP contribution in [0.3, 0.4) is 0 Å². The lowest BCUT2D eigenvalue weighted by Gasteiger charge is -2.24. The molecule has 2 nitrogen and oxygen atoms in total. The fourth-order valence-electron chi connectivity index (χ4n) is 2.48. The average Bonchev–Trinajstić information content (AvgIpc) is 2.48. The van der Waals surface area contributed by atoms with Crippen molar-refractivity contribution < 1.29 is 0 Å². The van der Waals surface area contributed by atoms with Gasteiger partial charge in [-0.05, 0) is 49.2 Å². The first-order valence-electron chi connectivity index (χ1n) is 7.77. The van der Waals surface area contributed by atoms with E-state index in [-0.39, 0.29) is 0 Å². The van der Waals surface area contributed by atoms with Crippen LogP contribution in [-0.4, -0.2) is 12.6 Å². The highest BCUT2D eigenvalue weighted by atomic mass is 15.1. The van der Waals surface area contributed by atoms with E-state index in [0.29, 0.717) is 6.04 Å². The average molecular weight is 282 g/mol. The van der Waals surface area contributed by atoms with Gasteiger partial charge in [0.25, 0.3) is 0 Å². The Hall–Kier alpha value is -1.80. The third-order valence-corrected chi connectivity index (χ3v) is 3.72. The van der Waals surface area contributed by atoms with Gasteiger partial charge in [-0.15, -0.1) is 0 Å². The second-order valence-corrected chi connectivity index (χ2v) is 5.73. The summed E-state index contributed by atoms with van der Waals surface area (Å²) in [5, 5.41) is 3.48. The third kappa shape index (κ3) is 4.08. The van der Waals surface area contributed by atoms with Gasteiger partial charge in [-0.1, -0.05) is 38.1 Å². The predicted molar refractivity (Wildman–Crippen MR) is 92.3 cm³/mol. The SMILES string of the molecule is CCN(c1ccccc1)c1ccc(CNC(C)C)c(C)c1. The third-order valence-electron chi connectivity index (χ3n) is 3.72. The van der Waals surface area contributed by atoms with Gasteiger partial charge in [0.1, 0.15) is 0 Å². The van der Waals surface area contributed by atoms with E-state index in [1.54, 1.807) is 0 Å². The van der Waals surface area contributed by atoms with Crippen molar-refractivity contribution in [3.63, 3.8) is 0 Å². The summed E-state index contributed by atoms with van der Waals surface area (Å²) in [7, 11) is 0. The molecule has 0 saturated heterocycles. The van der Waals surface area contributed by atoms with E-state index >= 15 is 0 Å². The number of hydrogen-bond acceptors (Lipinski definition) is 2. The van der Waals surface area contributed by atoms with Crippen LogP contribution in [0.25, 0.3) is 0 Å². The van der Waals surface area contributed by atoms with E-state index in [9.17, 15) is 0 Å². The second kappa shape index (κ2) is 7.28. The van der Waals surface area contributed by atoms with E-state index in [1.165, 1.54) is 22.5 Å². The Kier molecular flexibility index (Phi) is 5.40. The van der Waals surface area contributed by atoms with E-state index in [1.807, 2.05) is 0 Å². The molecular formula is C19H26N2. The maximum Gasteiger partial charge on any atom is 0.0413 e. The van der Waals surface area contributed by atoms with Gasteiger partial charge in [-0.3, -0.25) is 0 Å². The molecular weight excluding hydrogens is 256 g/mol. The molecule has 0 radical (unpaired) electrons. The number of hydrogen-bond donors (Lipinski definition) is 1. The molecule has 0 unspecified atom stereocenters. The smallest absolute Gasteiger partial charge is 0.0413 e. The number of nitrogens with zero attached hydrogens (tertiary/aromatic N) is 1. The summed E-state index contributed by atoms with van der Waals surface area (Å²) in [5.74, 6) is 0. The number of anilines is 2. The zero-order valence-corrected chi connectivity index (χ0v) is 13.6. The Balaban J connectivity index is 2.22. The molecule has 0 fully saturated rings. The molecule has 0 amide bonds. The summed E-state index contributed by atoms with van der Waals surface area (Å²) in [4.78, 5) is 2.34. The van der Waals surface area contributed by atoms with Crippen molar-refractivity contribution in [2.24, 2.45) is 0 Å². The van der Waals surface area contributed by atoms with E-state index in [2.05, 4.69) is 86.4 Å². The molecule has 21 heavy (non-hydrogen) atoms. The van der Waals surface area contributed by atoms with Crippen LogP contribution in [0.2, 0.25) is 0 Å². The number of nitrogens with one attached hydrogen (secondary N) is 1. The highest BCUT2D eigenvalue weighted by Crippen LogP contribution is 2.26. The molecule has 2 aromatic carbocycles. The Morgan fingerprint density at radius 2 is 1.71 bits per heavy atom. The van der Waals surface area contributed by atoms with Crippen molar-refractivity contribution in [1.29, 1.82) is 0 Å². The number of aryl methyl sites for hydroxylation is 1. The fraction of sp³-hybridized carbons (Fsp3) is 0.368. The highest BCUT2D eigenvalue weighted by Gasteiger charge is 2.08. The zero-order valence-electron chi connectivity index (χ0n) is 13.6. The van der Waals surface area contributed by atoms with Crippen LogP contribution in [0.15, 0.2) is 48.5 Å². The van der Waals surface area contributed by atoms with E-state index < -0.39 is 0 Å². The van der Waals surface area contributed by atoms with Crippen LogP contribution >= 0.6 is 0 Å². The lowest BCUT2D eigenvalue weighted by Crippen LogP contribution is -2.22. The topological polar surface area (TPSA) is 15.3 Å². The summed E-state index contributed by atoms with van der Waals surface area (Å²) in [5.41, 5.74) is 5.22. The highest BCUT2D eigenvalue weighted by molar-refractivity contribution is 5.64. The number of para-hydroxylation sites is 1. The van der Waals surface area contributed by atoms with E-state index in [4.69, 9.17) is 0 Å². The van der Waals surface area contributed by atoms with Crippen molar-refractivity contribution in [2.75, 3.05) is 11.4 Å². The molecule has 0 atom stereocenters. The molecule has 0 aliphatic heterocycles. The zero-order chi connectivity index (χ0) is 15.2. The van der Waals surface area contributed by atoms with Gasteiger partial charge in [0.15, 0.2) is 0 Å². The molecule has 2 heteroatoms.